The summed E-state index contributed by atoms with van der Waals surface area (Å²) in [7, 11) is 0. The Morgan fingerprint density at radius 2 is 2.26 bits per heavy atom. The molecule has 2 N–H and O–H groups in total. The minimum absolute atomic E-state index is 0.342. The van der Waals surface area contributed by atoms with Crippen molar-refractivity contribution in [2.45, 2.75) is 63.3 Å². The van der Waals surface area contributed by atoms with Gasteiger partial charge >= 0.3 is 5.97 Å². The number of hydrogen-bond donors (Lipinski definition) is 2. The minimum Gasteiger partial charge on any atom is -0.480 e. The summed E-state index contributed by atoms with van der Waals surface area (Å²) >= 11 is 1.93. The highest BCUT2D eigenvalue weighted by atomic mass is 32.2. The third-order valence-electron chi connectivity index (χ3n) is 3.91. The van der Waals surface area contributed by atoms with Crippen molar-refractivity contribution in [2.24, 2.45) is 0 Å². The SMILES string of the molecule is CCNC(CC)(CCCSC1CCOC1C)C(=O)O. The van der Waals surface area contributed by atoms with Crippen molar-refractivity contribution in [1.29, 1.82) is 0 Å². The van der Waals surface area contributed by atoms with Crippen molar-refractivity contribution in [3.8, 4) is 0 Å². The van der Waals surface area contributed by atoms with Crippen LogP contribution in [0.5, 0.6) is 0 Å². The number of carbonyl (C=O) groups is 1. The molecule has 19 heavy (non-hydrogen) atoms. The quantitative estimate of drug-likeness (QED) is 0.639. The fourth-order valence-corrected chi connectivity index (χ4v) is 3.83. The monoisotopic (exact) mass is 289 g/mol. The summed E-state index contributed by atoms with van der Waals surface area (Å²) < 4.78 is 5.53. The molecule has 1 fully saturated rings. The van der Waals surface area contributed by atoms with Gasteiger partial charge in [-0.25, -0.2) is 0 Å². The Morgan fingerprint density at radius 3 is 2.74 bits per heavy atom. The zero-order valence-corrected chi connectivity index (χ0v) is 13.1. The number of carboxylic acids is 1. The number of ether oxygens (including phenoxy) is 1. The molecule has 1 rings (SSSR count). The van der Waals surface area contributed by atoms with Gasteiger partial charge in [0.15, 0.2) is 0 Å². The maximum absolute atomic E-state index is 11.5. The van der Waals surface area contributed by atoms with Gasteiger partial charge in [-0.1, -0.05) is 13.8 Å². The van der Waals surface area contributed by atoms with E-state index in [-0.39, 0.29) is 0 Å². The molecule has 5 heteroatoms. The number of nitrogens with one attached hydrogen (secondary N) is 1. The number of rotatable bonds is 9. The van der Waals surface area contributed by atoms with Gasteiger partial charge in [-0.05, 0) is 44.9 Å². The van der Waals surface area contributed by atoms with Gasteiger partial charge in [0.05, 0.1) is 6.10 Å². The zero-order valence-electron chi connectivity index (χ0n) is 12.3. The first kappa shape index (κ1) is 16.8. The highest BCUT2D eigenvalue weighted by Gasteiger charge is 2.35. The van der Waals surface area contributed by atoms with E-state index >= 15 is 0 Å². The summed E-state index contributed by atoms with van der Waals surface area (Å²) in [5, 5.41) is 13.2. The molecule has 3 atom stereocenters. The van der Waals surface area contributed by atoms with E-state index in [1.807, 2.05) is 25.6 Å². The Morgan fingerprint density at radius 1 is 1.53 bits per heavy atom. The molecule has 1 aliphatic heterocycles. The van der Waals surface area contributed by atoms with Crippen LogP contribution in [0.4, 0.5) is 0 Å². The molecule has 0 aliphatic carbocycles. The van der Waals surface area contributed by atoms with Crippen LogP contribution in [0, 0.1) is 0 Å². The van der Waals surface area contributed by atoms with Gasteiger partial charge in [0.1, 0.15) is 5.54 Å². The number of thioether (sulfide) groups is 1. The molecular formula is C14H27NO3S. The Kier molecular flexibility index (Phi) is 7.18. The average molecular weight is 289 g/mol. The van der Waals surface area contributed by atoms with Crippen LogP contribution in [0.1, 0.15) is 46.5 Å². The van der Waals surface area contributed by atoms with Crippen molar-refractivity contribution < 1.29 is 14.6 Å². The van der Waals surface area contributed by atoms with E-state index in [0.717, 1.165) is 25.2 Å². The van der Waals surface area contributed by atoms with Gasteiger partial charge in [0.25, 0.3) is 0 Å². The zero-order chi connectivity index (χ0) is 14.3. The van der Waals surface area contributed by atoms with Crippen molar-refractivity contribution in [2.75, 3.05) is 18.9 Å². The van der Waals surface area contributed by atoms with Crippen LogP contribution in [0.3, 0.4) is 0 Å². The van der Waals surface area contributed by atoms with Crippen molar-refractivity contribution >= 4 is 17.7 Å². The maximum atomic E-state index is 11.5. The fourth-order valence-electron chi connectivity index (χ4n) is 2.60. The van der Waals surface area contributed by atoms with Gasteiger partial charge < -0.3 is 15.2 Å². The molecule has 0 saturated carbocycles. The van der Waals surface area contributed by atoms with E-state index in [1.165, 1.54) is 0 Å². The standard InChI is InChI=1S/C14H27NO3S/c1-4-14(13(16)17,15-5-2)8-6-10-19-12-7-9-18-11(12)3/h11-12,15H,4-10H2,1-3H3,(H,16,17). The lowest BCUT2D eigenvalue weighted by atomic mass is 9.91. The molecule has 0 amide bonds. The van der Waals surface area contributed by atoms with Crippen LogP contribution >= 0.6 is 11.8 Å². The summed E-state index contributed by atoms with van der Waals surface area (Å²) in [5.74, 6) is 0.290. The molecule has 1 heterocycles. The van der Waals surface area contributed by atoms with Crippen LogP contribution in [0.25, 0.3) is 0 Å². The van der Waals surface area contributed by atoms with E-state index in [1.54, 1.807) is 0 Å². The second-order valence-corrected chi connectivity index (χ2v) is 6.50. The molecule has 3 unspecified atom stereocenters. The molecule has 112 valence electrons. The number of likely N-dealkylation sites (N-methyl/N-ethyl adjacent to an activating group) is 1. The molecule has 0 aromatic heterocycles. The second-order valence-electron chi connectivity index (χ2n) is 5.15. The summed E-state index contributed by atoms with van der Waals surface area (Å²) in [6, 6.07) is 0. The van der Waals surface area contributed by atoms with E-state index in [9.17, 15) is 9.90 Å². The van der Waals surface area contributed by atoms with Gasteiger partial charge in [-0.3, -0.25) is 4.79 Å². The number of carboxylic acid groups (broad SMARTS) is 1. The normalized spacial score (nSPS) is 26.3. The van der Waals surface area contributed by atoms with Gasteiger partial charge in [-0.2, -0.15) is 11.8 Å². The first-order chi connectivity index (χ1) is 9.05. The third kappa shape index (κ3) is 4.65. The van der Waals surface area contributed by atoms with Crippen molar-refractivity contribution in [3.63, 3.8) is 0 Å². The van der Waals surface area contributed by atoms with E-state index < -0.39 is 11.5 Å². The molecular weight excluding hydrogens is 262 g/mol. The smallest absolute Gasteiger partial charge is 0.323 e. The first-order valence-electron chi connectivity index (χ1n) is 7.27. The predicted octanol–water partition coefficient (Wildman–Crippen LogP) is 2.52. The molecule has 0 bridgehead atoms. The summed E-state index contributed by atoms with van der Waals surface area (Å²) in [6.07, 6.45) is 3.72. The fraction of sp³-hybridized carbons (Fsp3) is 0.929. The predicted molar refractivity (Wildman–Crippen MR) is 79.8 cm³/mol. The summed E-state index contributed by atoms with van der Waals surface area (Å²) in [6.45, 7) is 7.58. The Bertz CT molecular complexity index is 288. The van der Waals surface area contributed by atoms with Crippen LogP contribution in [0.2, 0.25) is 0 Å². The number of hydrogen-bond acceptors (Lipinski definition) is 4. The second kappa shape index (κ2) is 8.12. The topological polar surface area (TPSA) is 58.6 Å². The lowest BCUT2D eigenvalue weighted by Gasteiger charge is -2.29. The van der Waals surface area contributed by atoms with E-state index in [4.69, 9.17) is 4.74 Å². The average Bonchev–Trinajstić information content (AvgIpc) is 2.78. The Hall–Kier alpha value is -0.260. The van der Waals surface area contributed by atoms with Gasteiger partial charge in [0.2, 0.25) is 0 Å². The molecule has 1 saturated heterocycles. The van der Waals surface area contributed by atoms with Crippen LogP contribution in [0.15, 0.2) is 0 Å². The highest BCUT2D eigenvalue weighted by Crippen LogP contribution is 2.28. The van der Waals surface area contributed by atoms with E-state index in [2.05, 4.69) is 12.2 Å². The Balaban J connectivity index is 2.33. The molecule has 0 spiro atoms. The number of aliphatic carboxylic acids is 1. The highest BCUT2D eigenvalue weighted by molar-refractivity contribution is 7.99. The Labute approximate surface area is 120 Å². The van der Waals surface area contributed by atoms with Gasteiger partial charge in [0, 0.05) is 11.9 Å². The molecule has 4 nitrogen and oxygen atoms in total. The summed E-state index contributed by atoms with van der Waals surface area (Å²) in [4.78, 5) is 11.5. The van der Waals surface area contributed by atoms with Crippen LogP contribution < -0.4 is 5.32 Å². The van der Waals surface area contributed by atoms with Crippen molar-refractivity contribution in [3.05, 3.63) is 0 Å². The van der Waals surface area contributed by atoms with E-state index in [0.29, 0.717) is 30.7 Å². The minimum atomic E-state index is -0.743. The maximum Gasteiger partial charge on any atom is 0.323 e. The molecule has 1 aliphatic rings. The lowest BCUT2D eigenvalue weighted by Crippen LogP contribution is -2.51. The van der Waals surface area contributed by atoms with Crippen molar-refractivity contribution in [1.82, 2.24) is 5.32 Å². The molecule has 0 aromatic rings. The molecule has 0 aromatic carbocycles. The summed E-state index contributed by atoms with van der Waals surface area (Å²) in [5.41, 5.74) is -0.743. The largest absolute Gasteiger partial charge is 0.480 e. The van der Waals surface area contributed by atoms with Crippen LogP contribution in [-0.4, -0.2) is 46.9 Å². The molecule has 0 radical (unpaired) electrons. The van der Waals surface area contributed by atoms with Crippen LogP contribution in [-0.2, 0) is 9.53 Å². The first-order valence-corrected chi connectivity index (χ1v) is 8.32. The van der Waals surface area contributed by atoms with Gasteiger partial charge in [-0.15, -0.1) is 0 Å². The lowest BCUT2D eigenvalue weighted by molar-refractivity contribution is -0.145. The third-order valence-corrected chi connectivity index (χ3v) is 5.49.